The highest BCUT2D eigenvalue weighted by Gasteiger charge is 2.26. The number of rotatable bonds is 5. The number of hydrogen-bond acceptors (Lipinski definition) is 7. The number of para-hydroxylation sites is 1. The Bertz CT molecular complexity index is 1020. The van der Waals surface area contributed by atoms with E-state index in [1.807, 2.05) is 30.3 Å². The van der Waals surface area contributed by atoms with Gasteiger partial charge < -0.3 is 14.5 Å². The van der Waals surface area contributed by atoms with Gasteiger partial charge in [-0.05, 0) is 19.1 Å². The SMILES string of the molecule is CCOC(=O)N1CCN(C(=O)CSc2nc3c(c(=O)n2-c2ccccc2)SCC3)CC1. The Morgan fingerprint density at radius 1 is 1.13 bits per heavy atom. The molecule has 8 nitrogen and oxygen atoms in total. The molecular formula is C21H24N4O4S2. The van der Waals surface area contributed by atoms with E-state index >= 15 is 0 Å². The smallest absolute Gasteiger partial charge is 0.409 e. The molecule has 0 saturated carbocycles. The lowest BCUT2D eigenvalue weighted by Crippen LogP contribution is -2.51. The van der Waals surface area contributed by atoms with Crippen molar-refractivity contribution in [1.82, 2.24) is 19.4 Å². The molecule has 0 spiro atoms. The van der Waals surface area contributed by atoms with E-state index in [4.69, 9.17) is 9.72 Å². The van der Waals surface area contributed by atoms with Gasteiger partial charge in [0.2, 0.25) is 5.91 Å². The van der Waals surface area contributed by atoms with E-state index in [0.717, 1.165) is 23.6 Å². The maximum Gasteiger partial charge on any atom is 0.409 e. The zero-order chi connectivity index (χ0) is 21.8. The Hall–Kier alpha value is -2.46. The summed E-state index contributed by atoms with van der Waals surface area (Å²) in [6.07, 6.45) is 0.429. The number of amides is 2. The summed E-state index contributed by atoms with van der Waals surface area (Å²) in [5, 5.41) is 0.538. The minimum Gasteiger partial charge on any atom is -0.450 e. The number of carbonyl (C=O) groups is 2. The van der Waals surface area contributed by atoms with E-state index in [1.54, 1.807) is 33.1 Å². The third-order valence-electron chi connectivity index (χ3n) is 5.16. The van der Waals surface area contributed by atoms with Gasteiger partial charge >= 0.3 is 6.09 Å². The van der Waals surface area contributed by atoms with Gasteiger partial charge in [0.1, 0.15) is 0 Å². The molecule has 2 amide bonds. The number of aryl methyl sites for hydroxylation is 1. The number of ether oxygens (including phenoxy) is 1. The molecule has 2 aliphatic heterocycles. The number of carbonyl (C=O) groups excluding carboxylic acids is 2. The van der Waals surface area contributed by atoms with Gasteiger partial charge in [0.15, 0.2) is 5.16 Å². The van der Waals surface area contributed by atoms with Crippen molar-refractivity contribution in [3.05, 3.63) is 46.4 Å². The standard InChI is InChI=1S/C21H24N4O4S2/c1-2-29-21(28)24-11-9-23(10-12-24)17(26)14-31-20-22-16-8-13-30-18(16)19(27)25(20)15-6-4-3-5-7-15/h3-7H,2,8-14H2,1H3. The molecule has 4 rings (SSSR count). The molecule has 0 N–H and O–H groups in total. The van der Waals surface area contributed by atoms with Crippen molar-refractivity contribution in [2.24, 2.45) is 0 Å². The highest BCUT2D eigenvalue weighted by Crippen LogP contribution is 2.30. The van der Waals surface area contributed by atoms with Gasteiger partial charge in [-0.2, -0.15) is 0 Å². The van der Waals surface area contributed by atoms with E-state index in [-0.39, 0.29) is 23.3 Å². The molecule has 0 unspecified atom stereocenters. The lowest BCUT2D eigenvalue weighted by molar-refractivity contribution is -0.129. The van der Waals surface area contributed by atoms with Crippen molar-refractivity contribution < 1.29 is 14.3 Å². The van der Waals surface area contributed by atoms with Crippen LogP contribution in [0, 0.1) is 0 Å². The van der Waals surface area contributed by atoms with Gasteiger partial charge in [0.25, 0.3) is 5.56 Å². The van der Waals surface area contributed by atoms with Crippen molar-refractivity contribution in [3.63, 3.8) is 0 Å². The first-order valence-corrected chi connectivity index (χ1v) is 12.2. The van der Waals surface area contributed by atoms with Crippen molar-refractivity contribution in [3.8, 4) is 5.69 Å². The fourth-order valence-electron chi connectivity index (χ4n) is 3.56. The summed E-state index contributed by atoms with van der Waals surface area (Å²) >= 11 is 2.83. The van der Waals surface area contributed by atoms with Gasteiger partial charge in [-0.25, -0.2) is 9.78 Å². The van der Waals surface area contributed by atoms with Gasteiger partial charge in [-0.3, -0.25) is 14.2 Å². The average molecular weight is 461 g/mol. The summed E-state index contributed by atoms with van der Waals surface area (Å²) in [7, 11) is 0. The van der Waals surface area contributed by atoms with Crippen molar-refractivity contribution in [2.45, 2.75) is 23.4 Å². The van der Waals surface area contributed by atoms with Crippen LogP contribution in [0.25, 0.3) is 5.69 Å². The fourth-order valence-corrected chi connectivity index (χ4v) is 5.52. The minimum absolute atomic E-state index is 0.0303. The van der Waals surface area contributed by atoms with Gasteiger partial charge in [-0.1, -0.05) is 30.0 Å². The lowest BCUT2D eigenvalue weighted by Gasteiger charge is -2.34. The van der Waals surface area contributed by atoms with E-state index < -0.39 is 0 Å². The quantitative estimate of drug-likeness (QED) is 0.500. The number of aromatic nitrogens is 2. The van der Waals surface area contributed by atoms with E-state index in [0.29, 0.717) is 42.8 Å². The zero-order valence-electron chi connectivity index (χ0n) is 17.3. The maximum atomic E-state index is 13.1. The highest BCUT2D eigenvalue weighted by atomic mass is 32.2. The summed E-state index contributed by atoms with van der Waals surface area (Å²) < 4.78 is 6.63. The number of nitrogens with zero attached hydrogens (tertiary/aromatic N) is 4. The predicted octanol–water partition coefficient (Wildman–Crippen LogP) is 2.27. The van der Waals surface area contributed by atoms with Crippen molar-refractivity contribution in [1.29, 1.82) is 0 Å². The van der Waals surface area contributed by atoms with Crippen LogP contribution in [0.4, 0.5) is 4.79 Å². The second kappa shape index (κ2) is 9.78. The van der Waals surface area contributed by atoms with E-state index in [2.05, 4.69) is 0 Å². The van der Waals surface area contributed by atoms with Crippen LogP contribution in [-0.2, 0) is 16.0 Å². The molecule has 31 heavy (non-hydrogen) atoms. The molecule has 1 aromatic heterocycles. The molecular weight excluding hydrogens is 436 g/mol. The topological polar surface area (TPSA) is 84.7 Å². The van der Waals surface area contributed by atoms with Crippen molar-refractivity contribution >= 4 is 35.5 Å². The summed E-state index contributed by atoms with van der Waals surface area (Å²) in [5.41, 5.74) is 1.49. The fraction of sp³-hybridized carbons (Fsp3) is 0.429. The monoisotopic (exact) mass is 460 g/mol. The first-order valence-electron chi connectivity index (χ1n) is 10.2. The molecule has 0 bridgehead atoms. The Morgan fingerprint density at radius 3 is 2.55 bits per heavy atom. The molecule has 1 fully saturated rings. The van der Waals surface area contributed by atoms with Gasteiger partial charge in [0, 0.05) is 38.4 Å². The molecule has 0 atom stereocenters. The van der Waals surface area contributed by atoms with Crippen LogP contribution in [0.1, 0.15) is 12.6 Å². The molecule has 164 valence electrons. The molecule has 1 aromatic carbocycles. The summed E-state index contributed by atoms with van der Waals surface area (Å²) in [5.74, 6) is 1.01. The van der Waals surface area contributed by atoms with Crippen LogP contribution >= 0.6 is 23.5 Å². The van der Waals surface area contributed by atoms with Gasteiger partial charge in [-0.15, -0.1) is 11.8 Å². The molecule has 2 aliphatic rings. The Labute approximate surface area is 189 Å². The molecule has 1 saturated heterocycles. The van der Waals surface area contributed by atoms with Crippen LogP contribution in [0.2, 0.25) is 0 Å². The first-order chi connectivity index (χ1) is 15.1. The van der Waals surface area contributed by atoms with Crippen molar-refractivity contribution in [2.75, 3.05) is 44.3 Å². The second-order valence-electron chi connectivity index (χ2n) is 7.10. The number of hydrogen-bond donors (Lipinski definition) is 0. The van der Waals surface area contributed by atoms with Crippen LogP contribution < -0.4 is 5.56 Å². The number of fused-ring (bicyclic) bond motifs is 1. The molecule has 10 heteroatoms. The molecule has 0 radical (unpaired) electrons. The summed E-state index contributed by atoms with van der Waals surface area (Å²) in [6, 6.07) is 9.40. The lowest BCUT2D eigenvalue weighted by atomic mass is 10.3. The third-order valence-corrected chi connectivity index (χ3v) is 7.19. The Morgan fingerprint density at radius 2 is 1.84 bits per heavy atom. The Kier molecular flexibility index (Phi) is 6.86. The third kappa shape index (κ3) is 4.74. The predicted molar refractivity (Wildman–Crippen MR) is 120 cm³/mol. The molecule has 3 heterocycles. The normalized spacial score (nSPS) is 15.6. The van der Waals surface area contributed by atoms with Crippen LogP contribution in [0.5, 0.6) is 0 Å². The number of thioether (sulfide) groups is 2. The molecule has 0 aliphatic carbocycles. The first kappa shape index (κ1) is 21.8. The van der Waals surface area contributed by atoms with E-state index in [1.165, 1.54) is 11.8 Å². The minimum atomic E-state index is -0.337. The van der Waals surface area contributed by atoms with Crippen LogP contribution in [0.3, 0.4) is 0 Å². The van der Waals surface area contributed by atoms with Crippen LogP contribution in [-0.4, -0.2) is 75.6 Å². The van der Waals surface area contributed by atoms with E-state index in [9.17, 15) is 14.4 Å². The molecule has 2 aromatic rings. The zero-order valence-corrected chi connectivity index (χ0v) is 18.9. The largest absolute Gasteiger partial charge is 0.450 e. The van der Waals surface area contributed by atoms with Crippen LogP contribution in [0.15, 0.2) is 45.2 Å². The van der Waals surface area contributed by atoms with Gasteiger partial charge in [0.05, 0.1) is 28.6 Å². The average Bonchev–Trinajstić information content (AvgIpc) is 3.27. The number of piperazine rings is 1. The summed E-state index contributed by atoms with van der Waals surface area (Å²) in [4.78, 5) is 46.6. The highest BCUT2D eigenvalue weighted by molar-refractivity contribution is 8.00. The summed E-state index contributed by atoms with van der Waals surface area (Å²) in [6.45, 7) is 3.96. The number of benzene rings is 1. The maximum absolute atomic E-state index is 13.1. The Balaban J connectivity index is 1.47. The second-order valence-corrected chi connectivity index (χ2v) is 9.15.